The van der Waals surface area contributed by atoms with Gasteiger partial charge in [-0.2, -0.15) is 0 Å². The standard InChI is InChI=1S/C25H29N3O4/c26-13-16-32-18-17-31-15-12-24(29)27-14-11-25(30)28-19-22-7-2-1-5-20(22)9-10-21-6-3-4-8-23(21)28/h1-8H,11-19,26H2,(H,27,29). The Morgan fingerprint density at radius 1 is 0.906 bits per heavy atom. The molecule has 1 aliphatic rings. The molecule has 0 radical (unpaired) electrons. The van der Waals surface area contributed by atoms with Gasteiger partial charge in [0.15, 0.2) is 0 Å². The van der Waals surface area contributed by atoms with Crippen LogP contribution in [-0.4, -0.2) is 51.3 Å². The van der Waals surface area contributed by atoms with E-state index in [1.54, 1.807) is 4.90 Å². The van der Waals surface area contributed by atoms with Gasteiger partial charge in [-0.1, -0.05) is 42.2 Å². The molecule has 0 spiro atoms. The van der Waals surface area contributed by atoms with Gasteiger partial charge in [0.05, 0.1) is 38.7 Å². The second-order valence-electron chi connectivity index (χ2n) is 7.27. The molecular formula is C25H29N3O4. The Bertz CT molecular complexity index is 980. The summed E-state index contributed by atoms with van der Waals surface area (Å²) >= 11 is 0. The maximum absolute atomic E-state index is 13.1. The van der Waals surface area contributed by atoms with E-state index in [4.69, 9.17) is 15.2 Å². The Morgan fingerprint density at radius 2 is 1.59 bits per heavy atom. The van der Waals surface area contributed by atoms with E-state index < -0.39 is 0 Å². The highest BCUT2D eigenvalue weighted by Crippen LogP contribution is 2.25. The average molecular weight is 436 g/mol. The van der Waals surface area contributed by atoms with Crippen LogP contribution in [0.2, 0.25) is 0 Å². The molecule has 1 heterocycles. The fraction of sp³-hybridized carbons (Fsp3) is 0.360. The van der Waals surface area contributed by atoms with E-state index in [2.05, 4.69) is 17.2 Å². The van der Waals surface area contributed by atoms with Crippen LogP contribution in [0, 0.1) is 11.8 Å². The average Bonchev–Trinajstić information content (AvgIpc) is 2.80. The van der Waals surface area contributed by atoms with Gasteiger partial charge in [-0.05, 0) is 23.8 Å². The lowest BCUT2D eigenvalue weighted by atomic mass is 10.0. The molecule has 3 rings (SSSR count). The van der Waals surface area contributed by atoms with Crippen LogP contribution in [0.25, 0.3) is 0 Å². The number of nitrogens with two attached hydrogens (primary N) is 1. The van der Waals surface area contributed by atoms with Crippen LogP contribution >= 0.6 is 0 Å². The smallest absolute Gasteiger partial charge is 0.229 e. The van der Waals surface area contributed by atoms with Crippen LogP contribution in [0.3, 0.4) is 0 Å². The van der Waals surface area contributed by atoms with Crippen LogP contribution < -0.4 is 16.0 Å². The number of benzene rings is 2. The molecule has 2 aromatic rings. The summed E-state index contributed by atoms with van der Waals surface area (Å²) < 4.78 is 10.6. The predicted molar refractivity (Wildman–Crippen MR) is 123 cm³/mol. The molecule has 0 aliphatic carbocycles. The number of para-hydroxylation sites is 1. The van der Waals surface area contributed by atoms with Gasteiger partial charge in [0.25, 0.3) is 0 Å². The molecular weight excluding hydrogens is 406 g/mol. The van der Waals surface area contributed by atoms with Gasteiger partial charge in [-0.25, -0.2) is 0 Å². The second kappa shape index (κ2) is 12.6. The topological polar surface area (TPSA) is 93.9 Å². The van der Waals surface area contributed by atoms with Gasteiger partial charge >= 0.3 is 0 Å². The van der Waals surface area contributed by atoms with Crippen molar-refractivity contribution >= 4 is 17.5 Å². The number of nitrogens with one attached hydrogen (secondary N) is 1. The summed E-state index contributed by atoms with van der Waals surface area (Å²) in [5.41, 5.74) is 8.85. The first-order chi connectivity index (χ1) is 15.7. The summed E-state index contributed by atoms with van der Waals surface area (Å²) in [4.78, 5) is 26.8. The molecule has 32 heavy (non-hydrogen) atoms. The van der Waals surface area contributed by atoms with Crippen molar-refractivity contribution in [1.82, 2.24) is 5.32 Å². The van der Waals surface area contributed by atoms with Gasteiger partial charge in [0.1, 0.15) is 0 Å². The highest BCUT2D eigenvalue weighted by atomic mass is 16.5. The molecule has 0 fully saturated rings. The fourth-order valence-corrected chi connectivity index (χ4v) is 3.31. The normalized spacial score (nSPS) is 12.0. The number of amides is 2. The molecule has 0 saturated heterocycles. The third-order valence-corrected chi connectivity index (χ3v) is 4.94. The zero-order chi connectivity index (χ0) is 22.6. The molecule has 0 atom stereocenters. The van der Waals surface area contributed by atoms with Crippen molar-refractivity contribution < 1.29 is 19.1 Å². The third kappa shape index (κ3) is 6.92. The molecule has 0 unspecified atom stereocenters. The summed E-state index contributed by atoms with van der Waals surface area (Å²) in [5.74, 6) is 6.18. The number of anilines is 1. The van der Waals surface area contributed by atoms with Crippen molar-refractivity contribution in [2.75, 3.05) is 44.4 Å². The molecule has 7 nitrogen and oxygen atoms in total. The number of hydrogen-bond donors (Lipinski definition) is 2. The molecule has 168 valence electrons. The third-order valence-electron chi connectivity index (χ3n) is 4.94. The summed E-state index contributed by atoms with van der Waals surface area (Å²) in [6.07, 6.45) is 0.435. The highest BCUT2D eigenvalue weighted by molar-refractivity contribution is 5.95. The first-order valence-electron chi connectivity index (χ1n) is 10.8. The second-order valence-corrected chi connectivity index (χ2v) is 7.27. The molecule has 1 aliphatic heterocycles. The van der Waals surface area contributed by atoms with Gasteiger partial charge in [0.2, 0.25) is 11.8 Å². The monoisotopic (exact) mass is 435 g/mol. The molecule has 2 aromatic carbocycles. The lowest BCUT2D eigenvalue weighted by Crippen LogP contribution is -2.35. The number of hydrogen-bond acceptors (Lipinski definition) is 5. The Labute approximate surface area is 188 Å². The van der Waals surface area contributed by atoms with Gasteiger partial charge in [-0.15, -0.1) is 0 Å². The Balaban J connectivity index is 1.51. The molecule has 3 N–H and O–H groups in total. The molecule has 0 bridgehead atoms. The quantitative estimate of drug-likeness (QED) is 0.415. The van der Waals surface area contributed by atoms with Crippen molar-refractivity contribution in [3.8, 4) is 11.8 Å². The van der Waals surface area contributed by atoms with Crippen LogP contribution in [0.4, 0.5) is 5.69 Å². The van der Waals surface area contributed by atoms with Crippen molar-refractivity contribution in [3.63, 3.8) is 0 Å². The van der Waals surface area contributed by atoms with E-state index in [-0.39, 0.29) is 31.2 Å². The van der Waals surface area contributed by atoms with E-state index in [9.17, 15) is 9.59 Å². The Hall–Kier alpha value is -3.18. The SMILES string of the molecule is NCCOCCOCCC(=O)NCCC(=O)N1Cc2ccccc2C#Cc2ccccc21. The summed E-state index contributed by atoms with van der Waals surface area (Å²) in [6, 6.07) is 15.5. The predicted octanol–water partition coefficient (Wildman–Crippen LogP) is 1.82. The Kier molecular flexibility index (Phi) is 9.26. The van der Waals surface area contributed by atoms with E-state index >= 15 is 0 Å². The minimum Gasteiger partial charge on any atom is -0.379 e. The minimum absolute atomic E-state index is 0.0652. The highest BCUT2D eigenvalue weighted by Gasteiger charge is 2.20. The van der Waals surface area contributed by atoms with Crippen LogP contribution in [0.1, 0.15) is 29.5 Å². The first kappa shape index (κ1) is 23.5. The van der Waals surface area contributed by atoms with E-state index in [1.807, 2.05) is 48.5 Å². The van der Waals surface area contributed by atoms with E-state index in [1.165, 1.54) is 0 Å². The van der Waals surface area contributed by atoms with Crippen LogP contribution in [0.5, 0.6) is 0 Å². The summed E-state index contributed by atoms with van der Waals surface area (Å²) in [5, 5.41) is 2.79. The van der Waals surface area contributed by atoms with Crippen molar-refractivity contribution in [1.29, 1.82) is 0 Å². The number of fused-ring (bicyclic) bond motifs is 2. The first-order valence-corrected chi connectivity index (χ1v) is 10.8. The van der Waals surface area contributed by atoms with Gasteiger partial charge in [-0.3, -0.25) is 9.59 Å². The molecule has 2 amide bonds. The van der Waals surface area contributed by atoms with Crippen LogP contribution in [0.15, 0.2) is 48.5 Å². The maximum atomic E-state index is 13.1. The van der Waals surface area contributed by atoms with E-state index in [0.29, 0.717) is 39.5 Å². The number of nitrogens with zero attached hydrogens (tertiary/aromatic N) is 1. The lowest BCUT2D eigenvalue weighted by Gasteiger charge is -2.26. The lowest BCUT2D eigenvalue weighted by molar-refractivity contribution is -0.122. The summed E-state index contributed by atoms with van der Waals surface area (Å²) in [7, 11) is 0. The molecule has 0 aromatic heterocycles. The number of ether oxygens (including phenoxy) is 2. The van der Waals surface area contributed by atoms with Crippen molar-refractivity contribution in [2.24, 2.45) is 5.73 Å². The van der Waals surface area contributed by atoms with Crippen molar-refractivity contribution in [3.05, 3.63) is 65.2 Å². The number of rotatable bonds is 11. The molecule has 7 heteroatoms. The van der Waals surface area contributed by atoms with Crippen LogP contribution in [-0.2, 0) is 25.6 Å². The number of carbonyl (C=O) groups excluding carboxylic acids is 2. The van der Waals surface area contributed by atoms with Gasteiger partial charge < -0.3 is 25.4 Å². The largest absolute Gasteiger partial charge is 0.379 e. The number of carbonyl (C=O) groups is 2. The van der Waals surface area contributed by atoms with Crippen molar-refractivity contribution in [2.45, 2.75) is 19.4 Å². The van der Waals surface area contributed by atoms with Gasteiger partial charge in [0, 0.05) is 37.1 Å². The van der Waals surface area contributed by atoms with E-state index in [0.717, 1.165) is 22.4 Å². The zero-order valence-electron chi connectivity index (χ0n) is 18.1. The zero-order valence-corrected chi connectivity index (χ0v) is 18.1. The maximum Gasteiger partial charge on any atom is 0.229 e. The molecule has 0 saturated carbocycles. The Morgan fingerprint density at radius 3 is 2.41 bits per heavy atom. The minimum atomic E-state index is -0.148. The fourth-order valence-electron chi connectivity index (χ4n) is 3.31. The summed E-state index contributed by atoms with van der Waals surface area (Å²) in [6.45, 7) is 2.86.